The highest BCUT2D eigenvalue weighted by atomic mass is 16.6. The summed E-state index contributed by atoms with van der Waals surface area (Å²) in [5.41, 5.74) is 13.5. The summed E-state index contributed by atoms with van der Waals surface area (Å²) in [5.74, 6) is 0.240. The Labute approximate surface area is 137 Å². The van der Waals surface area contributed by atoms with Gasteiger partial charge in [-0.2, -0.15) is 0 Å². The molecule has 2 aromatic carbocycles. The molecule has 0 bridgehead atoms. The van der Waals surface area contributed by atoms with Gasteiger partial charge in [-0.3, -0.25) is 10.1 Å². The zero-order valence-corrected chi connectivity index (χ0v) is 12.5. The van der Waals surface area contributed by atoms with E-state index in [0.717, 1.165) is 11.1 Å². The summed E-state index contributed by atoms with van der Waals surface area (Å²) in [5, 5.41) is 11.2. The van der Waals surface area contributed by atoms with E-state index in [1.165, 1.54) is 12.3 Å². The van der Waals surface area contributed by atoms with E-state index in [1.807, 2.05) is 30.3 Å². The predicted octanol–water partition coefficient (Wildman–Crippen LogP) is 3.61. The second-order valence-corrected chi connectivity index (χ2v) is 5.02. The largest absolute Gasteiger partial charge is 0.450 e. The molecule has 24 heavy (non-hydrogen) atoms. The van der Waals surface area contributed by atoms with Crippen molar-refractivity contribution in [1.82, 2.24) is 4.98 Å². The Morgan fingerprint density at radius 3 is 2.50 bits per heavy atom. The minimum atomic E-state index is -0.618. The second kappa shape index (κ2) is 6.25. The van der Waals surface area contributed by atoms with E-state index in [0.29, 0.717) is 11.4 Å². The molecule has 0 aliphatic carbocycles. The van der Waals surface area contributed by atoms with E-state index in [-0.39, 0.29) is 17.3 Å². The van der Waals surface area contributed by atoms with Gasteiger partial charge in [-0.05, 0) is 23.8 Å². The second-order valence-electron chi connectivity index (χ2n) is 5.02. The first-order valence-corrected chi connectivity index (χ1v) is 7.08. The van der Waals surface area contributed by atoms with Crippen LogP contribution in [0.3, 0.4) is 0 Å². The fourth-order valence-electron chi connectivity index (χ4n) is 2.31. The lowest BCUT2D eigenvalue weighted by Crippen LogP contribution is -2.01. The molecule has 0 amide bonds. The Hall–Kier alpha value is -3.61. The zero-order chi connectivity index (χ0) is 17.1. The van der Waals surface area contributed by atoms with Gasteiger partial charge in [0.15, 0.2) is 0 Å². The molecular weight excluding hydrogens is 308 g/mol. The van der Waals surface area contributed by atoms with Crippen molar-refractivity contribution < 1.29 is 9.66 Å². The van der Waals surface area contributed by atoms with E-state index < -0.39 is 4.92 Å². The third kappa shape index (κ3) is 2.95. The highest BCUT2D eigenvalue weighted by Crippen LogP contribution is 2.37. The van der Waals surface area contributed by atoms with Crippen LogP contribution in [0.1, 0.15) is 0 Å². The zero-order valence-electron chi connectivity index (χ0n) is 12.5. The van der Waals surface area contributed by atoms with Crippen molar-refractivity contribution in [3.63, 3.8) is 0 Å². The van der Waals surface area contributed by atoms with Gasteiger partial charge in [0.25, 0.3) is 0 Å². The predicted molar refractivity (Wildman–Crippen MR) is 91.7 cm³/mol. The monoisotopic (exact) mass is 322 g/mol. The molecule has 3 rings (SSSR count). The highest BCUT2D eigenvalue weighted by molar-refractivity contribution is 5.77. The number of nitrogens with two attached hydrogens (primary N) is 2. The van der Waals surface area contributed by atoms with Gasteiger partial charge in [-0.15, -0.1) is 0 Å². The van der Waals surface area contributed by atoms with Gasteiger partial charge in [-0.25, -0.2) is 4.98 Å². The lowest BCUT2D eigenvalue weighted by Gasteiger charge is -2.11. The van der Waals surface area contributed by atoms with Crippen LogP contribution in [-0.4, -0.2) is 9.91 Å². The number of rotatable bonds is 4. The molecule has 3 aromatic rings. The minimum Gasteiger partial charge on any atom is -0.450 e. The number of ether oxygens (including phenoxy) is 1. The fourth-order valence-corrected chi connectivity index (χ4v) is 2.31. The fraction of sp³-hybridized carbons (Fsp3) is 0. The van der Waals surface area contributed by atoms with Crippen LogP contribution in [-0.2, 0) is 0 Å². The van der Waals surface area contributed by atoms with Crippen molar-refractivity contribution in [3.8, 4) is 22.6 Å². The molecule has 0 unspecified atom stereocenters. The van der Waals surface area contributed by atoms with Gasteiger partial charge in [0.05, 0.1) is 4.92 Å². The SMILES string of the molecule is Nc1ccc(Oc2ccnc(N)c2[N+](=O)[O-])cc1-c1ccccc1. The Bertz CT molecular complexity index is 898. The molecule has 7 nitrogen and oxygen atoms in total. The number of benzene rings is 2. The normalized spacial score (nSPS) is 10.3. The molecule has 0 aliphatic rings. The Balaban J connectivity index is 2.01. The van der Waals surface area contributed by atoms with E-state index >= 15 is 0 Å². The van der Waals surface area contributed by atoms with Gasteiger partial charge < -0.3 is 16.2 Å². The molecule has 0 spiro atoms. The quantitative estimate of drug-likeness (QED) is 0.430. The minimum absolute atomic E-state index is 0.0243. The molecule has 4 N–H and O–H groups in total. The average Bonchev–Trinajstić information content (AvgIpc) is 2.57. The molecule has 7 heteroatoms. The van der Waals surface area contributed by atoms with Crippen LogP contribution in [0.4, 0.5) is 17.2 Å². The van der Waals surface area contributed by atoms with E-state index in [1.54, 1.807) is 18.2 Å². The van der Waals surface area contributed by atoms with Gasteiger partial charge in [0, 0.05) is 23.5 Å². The van der Waals surface area contributed by atoms with Crippen LogP contribution in [0.15, 0.2) is 60.8 Å². The summed E-state index contributed by atoms with van der Waals surface area (Å²) < 4.78 is 5.65. The highest BCUT2D eigenvalue weighted by Gasteiger charge is 2.21. The summed E-state index contributed by atoms with van der Waals surface area (Å²) in [7, 11) is 0. The number of pyridine rings is 1. The molecule has 1 aromatic heterocycles. The first-order valence-electron chi connectivity index (χ1n) is 7.08. The maximum absolute atomic E-state index is 11.2. The third-order valence-corrected chi connectivity index (χ3v) is 3.44. The molecule has 0 saturated heterocycles. The van der Waals surface area contributed by atoms with Crippen molar-refractivity contribution in [2.24, 2.45) is 0 Å². The molecule has 0 saturated carbocycles. The van der Waals surface area contributed by atoms with Crippen LogP contribution in [0.5, 0.6) is 11.5 Å². The van der Waals surface area contributed by atoms with Crippen molar-refractivity contribution in [1.29, 1.82) is 0 Å². The van der Waals surface area contributed by atoms with Crippen LogP contribution < -0.4 is 16.2 Å². The Kier molecular flexibility index (Phi) is 3.98. The van der Waals surface area contributed by atoms with Gasteiger partial charge in [0.1, 0.15) is 5.75 Å². The first kappa shape index (κ1) is 15.3. The third-order valence-electron chi connectivity index (χ3n) is 3.44. The van der Waals surface area contributed by atoms with Crippen molar-refractivity contribution in [2.75, 3.05) is 11.5 Å². The smallest absolute Gasteiger partial charge is 0.353 e. The Morgan fingerprint density at radius 2 is 1.79 bits per heavy atom. The lowest BCUT2D eigenvalue weighted by molar-refractivity contribution is -0.384. The van der Waals surface area contributed by atoms with E-state index in [9.17, 15) is 10.1 Å². The number of nitrogen functional groups attached to an aromatic ring is 2. The number of aromatic nitrogens is 1. The van der Waals surface area contributed by atoms with Crippen molar-refractivity contribution in [2.45, 2.75) is 0 Å². The Morgan fingerprint density at radius 1 is 1.04 bits per heavy atom. The number of hydrogen-bond acceptors (Lipinski definition) is 6. The number of hydrogen-bond donors (Lipinski definition) is 2. The molecule has 1 heterocycles. The maximum atomic E-state index is 11.2. The first-order chi connectivity index (χ1) is 11.6. The number of nitro groups is 1. The van der Waals surface area contributed by atoms with Crippen LogP contribution in [0.2, 0.25) is 0 Å². The standard InChI is InChI=1S/C17H14N4O3/c18-14-7-6-12(10-13(14)11-4-2-1-3-5-11)24-15-8-9-20-17(19)16(15)21(22)23/h1-10H,18H2,(H2,19,20). The summed E-state index contributed by atoms with van der Waals surface area (Å²) in [6.45, 7) is 0. The number of nitrogens with zero attached hydrogens (tertiary/aromatic N) is 2. The van der Waals surface area contributed by atoms with Crippen LogP contribution >= 0.6 is 0 Å². The van der Waals surface area contributed by atoms with Crippen molar-refractivity contribution >= 4 is 17.2 Å². The van der Waals surface area contributed by atoms with Gasteiger partial charge in [-0.1, -0.05) is 30.3 Å². The number of anilines is 2. The average molecular weight is 322 g/mol. The molecule has 0 aliphatic heterocycles. The topological polar surface area (TPSA) is 117 Å². The lowest BCUT2D eigenvalue weighted by atomic mass is 10.0. The van der Waals surface area contributed by atoms with E-state index in [4.69, 9.17) is 16.2 Å². The van der Waals surface area contributed by atoms with E-state index in [2.05, 4.69) is 4.98 Å². The van der Waals surface area contributed by atoms with Crippen molar-refractivity contribution in [3.05, 3.63) is 70.9 Å². The molecule has 0 atom stereocenters. The molecular formula is C17H14N4O3. The van der Waals surface area contributed by atoms with Crippen LogP contribution in [0.25, 0.3) is 11.1 Å². The maximum Gasteiger partial charge on any atom is 0.353 e. The molecule has 120 valence electrons. The molecule has 0 radical (unpaired) electrons. The molecule has 0 fully saturated rings. The van der Waals surface area contributed by atoms with Crippen LogP contribution in [0, 0.1) is 10.1 Å². The summed E-state index contributed by atoms with van der Waals surface area (Å²) in [6, 6.07) is 16.0. The summed E-state index contributed by atoms with van der Waals surface area (Å²) in [4.78, 5) is 14.3. The van der Waals surface area contributed by atoms with Gasteiger partial charge >= 0.3 is 5.69 Å². The summed E-state index contributed by atoms with van der Waals surface area (Å²) in [6.07, 6.45) is 1.35. The summed E-state index contributed by atoms with van der Waals surface area (Å²) >= 11 is 0. The van der Waals surface area contributed by atoms with Gasteiger partial charge in [0.2, 0.25) is 11.6 Å².